The van der Waals surface area contributed by atoms with Crippen LogP contribution >= 0.6 is 0 Å². The van der Waals surface area contributed by atoms with Crippen molar-refractivity contribution in [3.05, 3.63) is 0 Å². The van der Waals surface area contributed by atoms with E-state index in [1.807, 2.05) is 0 Å². The van der Waals surface area contributed by atoms with E-state index >= 15 is 0 Å². The quantitative estimate of drug-likeness (QED) is 0.112. The largest absolute Gasteiger partial charge is 0.394 e. The molecule has 19 atom stereocenters. The van der Waals surface area contributed by atoms with Gasteiger partial charge in [0.25, 0.3) is 0 Å². The third-order valence-electron chi connectivity index (χ3n) is 8.49. The Kier molecular flexibility index (Phi) is 12.1. The van der Waals surface area contributed by atoms with Crippen molar-refractivity contribution < 1.29 is 74.4 Å². The van der Waals surface area contributed by atoms with E-state index in [1.54, 1.807) is 7.05 Å². The average molecular weight is 631 g/mol. The van der Waals surface area contributed by atoms with Crippen LogP contribution in [0.4, 0.5) is 0 Å². The summed E-state index contributed by atoms with van der Waals surface area (Å²) in [6.07, 6.45) is -21.1. The van der Waals surface area contributed by atoms with Crippen LogP contribution in [0.3, 0.4) is 0 Å². The molecular weight excluding hydrogens is 584 g/mol. The van der Waals surface area contributed by atoms with Crippen LogP contribution in [0.1, 0.15) is 6.42 Å². The third-order valence-corrected chi connectivity index (χ3v) is 8.49. The molecule has 252 valence electrons. The fraction of sp³-hybridized carbons (Fsp3) is 1.00. The van der Waals surface area contributed by atoms with Gasteiger partial charge in [-0.1, -0.05) is 0 Å². The summed E-state index contributed by atoms with van der Waals surface area (Å²) in [4.78, 5) is 0. The number of likely N-dealkylation sites (N-methyl/N-ethyl adjacent to an activating group) is 1. The van der Waals surface area contributed by atoms with E-state index < -0.39 is 129 Å². The van der Waals surface area contributed by atoms with Crippen LogP contribution in [-0.4, -0.2) is 189 Å². The molecule has 19 unspecified atom stereocenters. The van der Waals surface area contributed by atoms with E-state index in [1.165, 1.54) is 0 Å². The van der Waals surface area contributed by atoms with Gasteiger partial charge in [-0.05, 0) is 13.5 Å². The topological polar surface area (TPSA) is 328 Å². The molecule has 0 spiro atoms. The van der Waals surface area contributed by atoms with Gasteiger partial charge in [-0.2, -0.15) is 0 Å². The summed E-state index contributed by atoms with van der Waals surface area (Å²) in [5.41, 5.74) is 18.5. The number of nitrogens with two attached hydrogens (primary N) is 3. The Morgan fingerprint density at radius 2 is 1.28 bits per heavy atom. The van der Waals surface area contributed by atoms with Gasteiger partial charge < -0.3 is 96.9 Å². The van der Waals surface area contributed by atoms with Crippen molar-refractivity contribution in [2.24, 2.45) is 17.2 Å². The van der Waals surface area contributed by atoms with Gasteiger partial charge in [0.1, 0.15) is 67.1 Å². The summed E-state index contributed by atoms with van der Waals surface area (Å²) in [7, 11) is 1.55. The van der Waals surface area contributed by atoms with E-state index in [-0.39, 0.29) is 13.0 Å². The van der Waals surface area contributed by atoms with Crippen LogP contribution in [-0.2, 0) is 28.4 Å². The SMILES string of the molecule is CNC1C(O)COC(OC2C(N)CC(N)C(OC3OC(COC4OC(CO)C(O)C(O)C4O)C(O)C(O)C3N)C2O)C1O. The second kappa shape index (κ2) is 14.8. The van der Waals surface area contributed by atoms with Crippen molar-refractivity contribution in [1.82, 2.24) is 5.32 Å². The molecule has 4 rings (SSSR count). The van der Waals surface area contributed by atoms with Crippen molar-refractivity contribution in [3.8, 4) is 0 Å². The van der Waals surface area contributed by atoms with E-state index in [2.05, 4.69) is 5.32 Å². The molecule has 1 aliphatic carbocycles. The molecule has 0 radical (unpaired) electrons. The number of nitrogens with one attached hydrogen (secondary N) is 1. The van der Waals surface area contributed by atoms with Crippen molar-refractivity contribution in [3.63, 3.8) is 0 Å². The molecule has 0 aromatic carbocycles. The molecule has 3 saturated heterocycles. The minimum absolute atomic E-state index is 0.0874. The maximum absolute atomic E-state index is 11.2. The highest BCUT2D eigenvalue weighted by Crippen LogP contribution is 2.31. The van der Waals surface area contributed by atoms with Crippen molar-refractivity contribution in [2.45, 2.75) is 123 Å². The van der Waals surface area contributed by atoms with Gasteiger partial charge in [0.15, 0.2) is 18.9 Å². The molecule has 3 heterocycles. The van der Waals surface area contributed by atoms with E-state index in [4.69, 9.17) is 45.6 Å². The van der Waals surface area contributed by atoms with Gasteiger partial charge in [-0.25, -0.2) is 0 Å². The van der Waals surface area contributed by atoms with Crippen LogP contribution in [0.2, 0.25) is 0 Å². The monoisotopic (exact) mass is 630 g/mol. The Labute approximate surface area is 247 Å². The average Bonchev–Trinajstić information content (AvgIpc) is 2.97. The van der Waals surface area contributed by atoms with Crippen LogP contribution < -0.4 is 22.5 Å². The van der Waals surface area contributed by atoms with Crippen molar-refractivity contribution in [1.29, 1.82) is 0 Å². The summed E-state index contributed by atoms with van der Waals surface area (Å²) in [6.45, 7) is -1.36. The molecule has 16 N–H and O–H groups in total. The fourth-order valence-electron chi connectivity index (χ4n) is 5.83. The number of aliphatic hydroxyl groups excluding tert-OH is 9. The Bertz CT molecular complexity index is 883. The first-order chi connectivity index (χ1) is 20.3. The Morgan fingerprint density at radius 3 is 1.88 bits per heavy atom. The minimum atomic E-state index is -1.72. The van der Waals surface area contributed by atoms with E-state index in [9.17, 15) is 46.0 Å². The van der Waals surface area contributed by atoms with Gasteiger partial charge in [0, 0.05) is 12.1 Å². The second-order valence-electron chi connectivity index (χ2n) is 11.5. The maximum atomic E-state index is 11.2. The molecule has 0 bridgehead atoms. The number of rotatable bonds is 9. The Balaban J connectivity index is 1.41. The highest BCUT2D eigenvalue weighted by Gasteiger charge is 2.51. The summed E-state index contributed by atoms with van der Waals surface area (Å²) in [5.74, 6) is 0. The fourth-order valence-corrected chi connectivity index (χ4v) is 5.83. The lowest BCUT2D eigenvalue weighted by molar-refractivity contribution is -0.330. The number of aliphatic hydroxyl groups is 9. The Hall–Kier alpha value is -0.760. The predicted molar refractivity (Wildman–Crippen MR) is 139 cm³/mol. The molecular formula is C24H46N4O15. The zero-order valence-corrected chi connectivity index (χ0v) is 23.5. The molecule has 1 saturated carbocycles. The number of hydrogen-bond acceptors (Lipinski definition) is 19. The van der Waals surface area contributed by atoms with Gasteiger partial charge >= 0.3 is 0 Å². The molecule has 0 aromatic rings. The molecule has 43 heavy (non-hydrogen) atoms. The first-order valence-corrected chi connectivity index (χ1v) is 14.1. The molecule has 19 nitrogen and oxygen atoms in total. The second-order valence-corrected chi connectivity index (χ2v) is 11.5. The number of hydrogen-bond donors (Lipinski definition) is 13. The van der Waals surface area contributed by atoms with Crippen LogP contribution in [0.5, 0.6) is 0 Å². The smallest absolute Gasteiger partial charge is 0.186 e. The van der Waals surface area contributed by atoms with E-state index in [0.29, 0.717) is 0 Å². The molecule has 3 aliphatic heterocycles. The first kappa shape index (κ1) is 35.1. The standard InChI is InChI=1S/C24H46N4O15/c1-28-12-8(30)4-38-23(16(12)34)43-21-7(26)2-6(25)20(19(21)37)42-22-11(27)15(33)14(32)10(41-22)5-39-24-18(36)17(35)13(31)9(3-29)40-24/h6-24,28-37H,2-5,25-27H2,1H3. The lowest BCUT2D eigenvalue weighted by atomic mass is 9.84. The third kappa shape index (κ3) is 7.30. The summed E-state index contributed by atoms with van der Waals surface area (Å²) >= 11 is 0. The molecule has 0 amide bonds. The summed E-state index contributed by atoms with van der Waals surface area (Å²) in [5, 5.41) is 95.3. The summed E-state index contributed by atoms with van der Waals surface area (Å²) < 4.78 is 33.7. The van der Waals surface area contributed by atoms with Gasteiger partial charge in [0.05, 0.1) is 38.0 Å². The van der Waals surface area contributed by atoms with Gasteiger partial charge in [-0.3, -0.25) is 0 Å². The lowest BCUT2D eigenvalue weighted by Crippen LogP contribution is -2.68. The maximum Gasteiger partial charge on any atom is 0.186 e. The van der Waals surface area contributed by atoms with Crippen LogP contribution in [0.15, 0.2) is 0 Å². The summed E-state index contributed by atoms with van der Waals surface area (Å²) in [6, 6.07) is -3.77. The van der Waals surface area contributed by atoms with Gasteiger partial charge in [0.2, 0.25) is 0 Å². The highest BCUT2D eigenvalue weighted by molar-refractivity contribution is 5.01. The first-order valence-electron chi connectivity index (χ1n) is 14.1. The van der Waals surface area contributed by atoms with Gasteiger partial charge in [-0.15, -0.1) is 0 Å². The molecule has 4 aliphatic rings. The lowest BCUT2D eigenvalue weighted by Gasteiger charge is -2.48. The predicted octanol–water partition coefficient (Wildman–Crippen LogP) is -8.57. The van der Waals surface area contributed by atoms with Crippen LogP contribution in [0, 0.1) is 0 Å². The number of ether oxygens (including phenoxy) is 6. The van der Waals surface area contributed by atoms with Crippen molar-refractivity contribution >= 4 is 0 Å². The molecule has 19 heteroatoms. The highest BCUT2D eigenvalue weighted by atomic mass is 16.7. The van der Waals surface area contributed by atoms with E-state index in [0.717, 1.165) is 0 Å². The zero-order chi connectivity index (χ0) is 31.7. The Morgan fingerprint density at radius 1 is 0.698 bits per heavy atom. The zero-order valence-electron chi connectivity index (χ0n) is 23.5. The van der Waals surface area contributed by atoms with Crippen molar-refractivity contribution in [2.75, 3.05) is 26.9 Å². The van der Waals surface area contributed by atoms with Crippen LogP contribution in [0.25, 0.3) is 0 Å². The molecule has 4 fully saturated rings. The normalized spacial score (nSPS) is 53.1. The minimum Gasteiger partial charge on any atom is -0.394 e. The molecule has 0 aromatic heterocycles.